The van der Waals surface area contributed by atoms with Crippen molar-refractivity contribution in [1.82, 2.24) is 10.3 Å². The van der Waals surface area contributed by atoms with Crippen LogP contribution in [0.3, 0.4) is 0 Å². The smallest absolute Gasteiger partial charge is 0.339 e. The van der Waals surface area contributed by atoms with Gasteiger partial charge in [0, 0.05) is 17.5 Å². The van der Waals surface area contributed by atoms with Crippen LogP contribution < -0.4 is 10.2 Å². The van der Waals surface area contributed by atoms with Crippen LogP contribution in [0.5, 0.6) is 0 Å². The molecule has 1 heterocycles. The normalized spacial score (nSPS) is 13.6. The standard InChI is InChI=1S/C13H22F3N3S/c1-5-7-17-9(3)11-10(4)18-12(20-11)19(6-2)8-13(14,15)16/h9,17H,5-8H2,1-4H3. The lowest BCUT2D eigenvalue weighted by molar-refractivity contribution is -0.119. The molecular formula is C13H22F3N3S. The van der Waals surface area contributed by atoms with Crippen LogP contribution in [0.4, 0.5) is 18.3 Å². The lowest BCUT2D eigenvalue weighted by atomic mass is 10.2. The van der Waals surface area contributed by atoms with E-state index in [1.54, 1.807) is 6.92 Å². The lowest BCUT2D eigenvalue weighted by Gasteiger charge is -2.21. The Balaban J connectivity index is 2.86. The van der Waals surface area contributed by atoms with Crippen LogP contribution in [0, 0.1) is 6.92 Å². The minimum atomic E-state index is -4.21. The first-order valence-electron chi connectivity index (χ1n) is 6.80. The maximum atomic E-state index is 12.5. The summed E-state index contributed by atoms with van der Waals surface area (Å²) in [6.07, 6.45) is -3.19. The largest absolute Gasteiger partial charge is 0.406 e. The summed E-state index contributed by atoms with van der Waals surface area (Å²) in [5.41, 5.74) is 0.807. The van der Waals surface area contributed by atoms with Crippen LogP contribution in [-0.4, -0.2) is 30.8 Å². The second-order valence-corrected chi connectivity index (χ2v) is 5.76. The molecule has 0 bridgehead atoms. The molecular weight excluding hydrogens is 287 g/mol. The van der Waals surface area contributed by atoms with Crippen LogP contribution in [0.1, 0.15) is 43.8 Å². The third-order valence-electron chi connectivity index (χ3n) is 2.94. The maximum Gasteiger partial charge on any atom is 0.406 e. The number of thiazole rings is 1. The van der Waals surface area contributed by atoms with Crippen molar-refractivity contribution < 1.29 is 13.2 Å². The van der Waals surface area contributed by atoms with Gasteiger partial charge in [0.1, 0.15) is 6.54 Å². The number of halogens is 3. The lowest BCUT2D eigenvalue weighted by Crippen LogP contribution is -2.33. The van der Waals surface area contributed by atoms with Crippen LogP contribution in [0.15, 0.2) is 0 Å². The van der Waals surface area contributed by atoms with Crippen LogP contribution in [0.2, 0.25) is 0 Å². The van der Waals surface area contributed by atoms with E-state index in [-0.39, 0.29) is 6.04 Å². The Morgan fingerprint density at radius 1 is 1.35 bits per heavy atom. The summed E-state index contributed by atoms with van der Waals surface area (Å²) < 4.78 is 37.6. The fourth-order valence-corrected chi connectivity index (χ4v) is 3.07. The monoisotopic (exact) mass is 309 g/mol. The Hall–Kier alpha value is -0.820. The second-order valence-electron chi connectivity index (χ2n) is 4.75. The number of anilines is 1. The van der Waals surface area contributed by atoms with E-state index in [1.807, 2.05) is 13.8 Å². The minimum Gasteiger partial charge on any atom is -0.339 e. The number of rotatable bonds is 7. The number of aromatic nitrogens is 1. The van der Waals surface area contributed by atoms with E-state index in [0.29, 0.717) is 11.7 Å². The van der Waals surface area contributed by atoms with E-state index in [4.69, 9.17) is 0 Å². The van der Waals surface area contributed by atoms with Crippen molar-refractivity contribution >= 4 is 16.5 Å². The first-order valence-corrected chi connectivity index (χ1v) is 7.62. The quantitative estimate of drug-likeness (QED) is 0.828. The van der Waals surface area contributed by atoms with Gasteiger partial charge >= 0.3 is 6.18 Å². The van der Waals surface area contributed by atoms with Gasteiger partial charge in [-0.3, -0.25) is 0 Å². The second kappa shape index (κ2) is 7.26. The molecule has 0 aliphatic carbocycles. The highest BCUT2D eigenvalue weighted by Crippen LogP contribution is 2.32. The van der Waals surface area contributed by atoms with Crippen molar-refractivity contribution in [3.8, 4) is 0 Å². The van der Waals surface area contributed by atoms with Crippen LogP contribution >= 0.6 is 11.3 Å². The zero-order chi connectivity index (χ0) is 15.3. The molecule has 0 saturated heterocycles. The number of aryl methyl sites for hydroxylation is 1. The summed E-state index contributed by atoms with van der Waals surface area (Å²) >= 11 is 1.34. The van der Waals surface area contributed by atoms with Gasteiger partial charge in [0.2, 0.25) is 0 Å². The SMILES string of the molecule is CCCNC(C)c1sc(N(CC)CC(F)(F)F)nc1C. The molecule has 1 aromatic rings. The number of nitrogens with zero attached hydrogens (tertiary/aromatic N) is 2. The molecule has 0 spiro atoms. The molecule has 0 amide bonds. The average molecular weight is 309 g/mol. The van der Waals surface area contributed by atoms with Crippen molar-refractivity contribution in [2.75, 3.05) is 24.5 Å². The van der Waals surface area contributed by atoms with Gasteiger partial charge < -0.3 is 10.2 Å². The number of hydrogen-bond acceptors (Lipinski definition) is 4. The summed E-state index contributed by atoms with van der Waals surface area (Å²) in [6, 6.07) is 0.116. The van der Waals surface area contributed by atoms with Crippen molar-refractivity contribution in [2.24, 2.45) is 0 Å². The highest BCUT2D eigenvalue weighted by Gasteiger charge is 2.31. The van der Waals surface area contributed by atoms with Gasteiger partial charge in [-0.15, -0.1) is 11.3 Å². The van der Waals surface area contributed by atoms with E-state index in [9.17, 15) is 13.2 Å². The molecule has 0 aliphatic heterocycles. The molecule has 116 valence electrons. The van der Waals surface area contributed by atoms with Gasteiger partial charge in [-0.25, -0.2) is 4.98 Å². The zero-order valence-corrected chi connectivity index (χ0v) is 13.2. The molecule has 1 unspecified atom stereocenters. The first kappa shape index (κ1) is 17.2. The van der Waals surface area contributed by atoms with E-state index in [1.165, 1.54) is 16.2 Å². The van der Waals surface area contributed by atoms with Crippen molar-refractivity contribution in [2.45, 2.75) is 46.3 Å². The maximum absolute atomic E-state index is 12.5. The van der Waals surface area contributed by atoms with Crippen LogP contribution in [-0.2, 0) is 0 Å². The van der Waals surface area contributed by atoms with Crippen LogP contribution in [0.25, 0.3) is 0 Å². The summed E-state index contributed by atoms with van der Waals surface area (Å²) in [5.74, 6) is 0. The summed E-state index contributed by atoms with van der Waals surface area (Å²) in [7, 11) is 0. The average Bonchev–Trinajstić information content (AvgIpc) is 2.74. The highest BCUT2D eigenvalue weighted by atomic mass is 32.1. The predicted molar refractivity (Wildman–Crippen MR) is 77.5 cm³/mol. The first-order chi connectivity index (χ1) is 9.28. The third kappa shape index (κ3) is 4.94. The Kier molecular flexibility index (Phi) is 6.26. The minimum absolute atomic E-state index is 0.116. The fraction of sp³-hybridized carbons (Fsp3) is 0.769. The topological polar surface area (TPSA) is 28.2 Å². The molecule has 1 aromatic heterocycles. The van der Waals surface area contributed by atoms with E-state index < -0.39 is 12.7 Å². The van der Waals surface area contributed by atoms with Gasteiger partial charge in [0.15, 0.2) is 5.13 Å². The highest BCUT2D eigenvalue weighted by molar-refractivity contribution is 7.15. The molecule has 1 N–H and O–H groups in total. The summed E-state index contributed by atoms with van der Waals surface area (Å²) in [6.45, 7) is 7.87. The van der Waals surface area contributed by atoms with Gasteiger partial charge in [-0.1, -0.05) is 6.92 Å². The molecule has 1 atom stereocenters. The Bertz CT molecular complexity index is 417. The van der Waals surface area contributed by atoms with Crippen molar-refractivity contribution in [3.63, 3.8) is 0 Å². The summed E-state index contributed by atoms with van der Waals surface area (Å²) in [4.78, 5) is 6.58. The van der Waals surface area contributed by atoms with Gasteiger partial charge in [-0.2, -0.15) is 13.2 Å². The molecule has 0 radical (unpaired) electrons. The summed E-state index contributed by atoms with van der Waals surface area (Å²) in [5, 5.41) is 3.78. The number of nitrogens with one attached hydrogen (secondary N) is 1. The number of hydrogen-bond donors (Lipinski definition) is 1. The van der Waals surface area contributed by atoms with Crippen molar-refractivity contribution in [1.29, 1.82) is 0 Å². The molecule has 0 aromatic carbocycles. The molecule has 7 heteroatoms. The fourth-order valence-electron chi connectivity index (χ4n) is 1.92. The molecule has 0 fully saturated rings. The third-order valence-corrected chi connectivity index (χ3v) is 4.34. The van der Waals surface area contributed by atoms with Crippen molar-refractivity contribution in [3.05, 3.63) is 10.6 Å². The zero-order valence-electron chi connectivity index (χ0n) is 12.3. The molecule has 1 rings (SSSR count). The Labute approximate surface area is 122 Å². The molecule has 3 nitrogen and oxygen atoms in total. The Morgan fingerprint density at radius 2 is 2.00 bits per heavy atom. The van der Waals surface area contributed by atoms with Gasteiger partial charge in [0.05, 0.1) is 5.69 Å². The van der Waals surface area contributed by atoms with Gasteiger partial charge in [0.25, 0.3) is 0 Å². The molecule has 20 heavy (non-hydrogen) atoms. The Morgan fingerprint density at radius 3 is 2.50 bits per heavy atom. The molecule has 0 aliphatic rings. The van der Waals surface area contributed by atoms with E-state index in [2.05, 4.69) is 17.2 Å². The molecule has 0 saturated carbocycles. The van der Waals surface area contributed by atoms with Gasteiger partial charge in [-0.05, 0) is 33.7 Å². The van der Waals surface area contributed by atoms with E-state index >= 15 is 0 Å². The predicted octanol–water partition coefficient (Wildman–Crippen LogP) is 3.90. The number of alkyl halides is 3. The van der Waals surface area contributed by atoms with E-state index in [0.717, 1.165) is 23.5 Å².